The first kappa shape index (κ1) is 28.5. The molecule has 208 valence electrons. The number of alkyl halides is 4. The van der Waals surface area contributed by atoms with Gasteiger partial charge in [-0.25, -0.2) is 8.78 Å². The normalized spacial score (nSPS) is 18.9. The molecule has 0 heterocycles. The predicted molar refractivity (Wildman–Crippen MR) is 133 cm³/mol. The standard InChI is InChI=1S/C28H29F5N4O2/c1-25(2,30)14-21(35)23(38)37(26(15-34)9-10-26)22(28(31,32)33)17-5-3-16(4-6-17)19-8-7-18(13-20(19)29)27(11-12-27)24(36)39/h3-8,13,21-22H,9-12,14,35H2,1-2H3,(H2,36,39)/t21-,22-/m0/s1. The Morgan fingerprint density at radius 3 is 2.05 bits per heavy atom. The van der Waals surface area contributed by atoms with Gasteiger partial charge in [-0.15, -0.1) is 0 Å². The van der Waals surface area contributed by atoms with Gasteiger partial charge < -0.3 is 16.4 Å². The number of nitrogens with zero attached hydrogens (tertiary/aromatic N) is 2. The van der Waals surface area contributed by atoms with E-state index in [1.165, 1.54) is 24.3 Å². The molecule has 2 aromatic rings. The molecule has 6 nitrogen and oxygen atoms in total. The van der Waals surface area contributed by atoms with E-state index in [0.29, 0.717) is 23.3 Å². The highest BCUT2D eigenvalue weighted by Crippen LogP contribution is 2.51. The number of nitrogens with two attached hydrogens (primary N) is 2. The molecule has 0 bridgehead atoms. The maximum absolute atomic E-state index is 15.0. The largest absolute Gasteiger partial charge is 0.413 e. The SMILES string of the molecule is CC(C)(F)C[C@H](N)C(=O)N([C@@H](c1ccc(-c2ccc(C3(C(N)=O)CC3)cc2F)cc1)C(F)(F)F)C1(C#N)CC1. The molecule has 2 aliphatic rings. The maximum atomic E-state index is 15.0. The molecule has 0 spiro atoms. The van der Waals surface area contributed by atoms with E-state index in [1.54, 1.807) is 6.07 Å². The minimum absolute atomic E-state index is 0.0238. The summed E-state index contributed by atoms with van der Waals surface area (Å²) < 4.78 is 72.7. The molecule has 39 heavy (non-hydrogen) atoms. The second-order valence-electron chi connectivity index (χ2n) is 11.1. The molecule has 2 aromatic carbocycles. The summed E-state index contributed by atoms with van der Waals surface area (Å²) in [6, 6.07) is 6.72. The summed E-state index contributed by atoms with van der Waals surface area (Å²) in [5, 5.41) is 9.70. The van der Waals surface area contributed by atoms with Crippen molar-refractivity contribution in [3.05, 3.63) is 59.4 Å². The second kappa shape index (κ2) is 9.59. The summed E-state index contributed by atoms with van der Waals surface area (Å²) in [4.78, 5) is 25.5. The number of nitriles is 1. The number of rotatable bonds is 9. The summed E-state index contributed by atoms with van der Waals surface area (Å²) in [7, 11) is 0. The highest BCUT2D eigenvalue weighted by molar-refractivity contribution is 5.90. The van der Waals surface area contributed by atoms with E-state index in [9.17, 15) is 32.4 Å². The molecule has 2 atom stereocenters. The maximum Gasteiger partial charge on any atom is 0.413 e. The van der Waals surface area contributed by atoms with Crippen molar-refractivity contribution in [3.63, 3.8) is 0 Å². The Morgan fingerprint density at radius 2 is 1.64 bits per heavy atom. The summed E-state index contributed by atoms with van der Waals surface area (Å²) in [5.41, 5.74) is 7.24. The van der Waals surface area contributed by atoms with Gasteiger partial charge in [-0.1, -0.05) is 36.4 Å². The van der Waals surface area contributed by atoms with E-state index in [2.05, 4.69) is 0 Å². The van der Waals surface area contributed by atoms with E-state index < -0.39 is 58.9 Å². The van der Waals surface area contributed by atoms with Crippen molar-refractivity contribution in [2.45, 2.75) is 80.8 Å². The Labute approximate surface area is 222 Å². The number of primary amides is 1. The van der Waals surface area contributed by atoms with Crippen molar-refractivity contribution >= 4 is 11.8 Å². The number of amides is 2. The van der Waals surface area contributed by atoms with Crippen molar-refractivity contribution in [2.24, 2.45) is 11.5 Å². The highest BCUT2D eigenvalue weighted by Gasteiger charge is 2.60. The van der Waals surface area contributed by atoms with E-state index in [-0.39, 0.29) is 29.5 Å². The zero-order valence-corrected chi connectivity index (χ0v) is 21.5. The van der Waals surface area contributed by atoms with Gasteiger partial charge in [0.15, 0.2) is 6.04 Å². The van der Waals surface area contributed by atoms with E-state index in [4.69, 9.17) is 11.5 Å². The Hall–Kier alpha value is -3.52. The fourth-order valence-electron chi connectivity index (χ4n) is 5.08. The lowest BCUT2D eigenvalue weighted by atomic mass is 9.92. The van der Waals surface area contributed by atoms with Crippen LogP contribution in [0.3, 0.4) is 0 Å². The fraction of sp³-hybridized carbons (Fsp3) is 0.464. The van der Waals surface area contributed by atoms with Gasteiger partial charge in [0.05, 0.1) is 17.5 Å². The summed E-state index contributed by atoms with van der Waals surface area (Å²) in [6.45, 7) is 2.32. The van der Waals surface area contributed by atoms with E-state index in [1.807, 2.05) is 6.07 Å². The van der Waals surface area contributed by atoms with Crippen molar-refractivity contribution in [1.29, 1.82) is 5.26 Å². The lowest BCUT2D eigenvalue weighted by Crippen LogP contribution is -2.55. The van der Waals surface area contributed by atoms with Crippen LogP contribution in [0.25, 0.3) is 11.1 Å². The second-order valence-corrected chi connectivity index (χ2v) is 11.1. The molecule has 2 aliphatic carbocycles. The molecule has 4 rings (SSSR count). The molecule has 0 radical (unpaired) electrons. The minimum atomic E-state index is -4.99. The number of halogens is 5. The van der Waals surface area contributed by atoms with Gasteiger partial charge in [0.1, 0.15) is 17.0 Å². The molecule has 4 N–H and O–H groups in total. The minimum Gasteiger partial charge on any atom is -0.369 e. The molecule has 11 heteroatoms. The quantitative estimate of drug-likeness (QED) is 0.431. The third kappa shape index (κ3) is 5.48. The molecule has 0 unspecified atom stereocenters. The first-order valence-electron chi connectivity index (χ1n) is 12.5. The smallest absolute Gasteiger partial charge is 0.369 e. The highest BCUT2D eigenvalue weighted by atomic mass is 19.4. The molecule has 0 saturated heterocycles. The zero-order chi connectivity index (χ0) is 29.0. The average molecular weight is 549 g/mol. The van der Waals surface area contributed by atoms with Gasteiger partial charge >= 0.3 is 6.18 Å². The van der Waals surface area contributed by atoms with E-state index >= 15 is 4.39 Å². The van der Waals surface area contributed by atoms with Gasteiger partial charge in [0, 0.05) is 12.0 Å². The number of carbonyl (C=O) groups is 2. The Balaban J connectivity index is 1.69. The lowest BCUT2D eigenvalue weighted by Gasteiger charge is -2.38. The number of hydrogen-bond acceptors (Lipinski definition) is 4. The van der Waals surface area contributed by atoms with Crippen LogP contribution in [0.5, 0.6) is 0 Å². The summed E-state index contributed by atoms with van der Waals surface area (Å²) >= 11 is 0. The molecule has 2 fully saturated rings. The summed E-state index contributed by atoms with van der Waals surface area (Å²) in [6.07, 6.45) is -4.44. The van der Waals surface area contributed by atoms with Crippen molar-refractivity contribution < 1.29 is 31.5 Å². The summed E-state index contributed by atoms with van der Waals surface area (Å²) in [5.74, 6) is -2.38. The molecule has 0 aliphatic heterocycles. The predicted octanol–water partition coefficient (Wildman–Crippen LogP) is 4.96. The van der Waals surface area contributed by atoms with Crippen LogP contribution in [0.15, 0.2) is 42.5 Å². The van der Waals surface area contributed by atoms with Crippen LogP contribution in [-0.4, -0.2) is 40.1 Å². The van der Waals surface area contributed by atoms with Crippen LogP contribution < -0.4 is 11.5 Å². The van der Waals surface area contributed by atoms with Crippen molar-refractivity contribution in [3.8, 4) is 17.2 Å². The number of hydrogen-bond donors (Lipinski definition) is 2. The molecular weight excluding hydrogens is 519 g/mol. The molecule has 2 amide bonds. The van der Waals surface area contributed by atoms with Gasteiger partial charge in [-0.3, -0.25) is 9.59 Å². The number of benzene rings is 2. The molecule has 0 aromatic heterocycles. The molecule has 2 saturated carbocycles. The monoisotopic (exact) mass is 548 g/mol. The van der Waals surface area contributed by atoms with Gasteiger partial charge in [-0.2, -0.15) is 18.4 Å². The lowest BCUT2D eigenvalue weighted by molar-refractivity contribution is -0.198. The number of carbonyl (C=O) groups excluding carboxylic acids is 2. The van der Waals surface area contributed by atoms with Crippen molar-refractivity contribution in [1.82, 2.24) is 4.90 Å². The van der Waals surface area contributed by atoms with Crippen LogP contribution in [0.4, 0.5) is 22.0 Å². The van der Waals surface area contributed by atoms with Crippen LogP contribution in [0.1, 0.15) is 63.1 Å². The molecular formula is C28H29F5N4O2. The Morgan fingerprint density at radius 1 is 1.05 bits per heavy atom. The van der Waals surface area contributed by atoms with Crippen molar-refractivity contribution in [2.75, 3.05) is 0 Å². The Bertz CT molecular complexity index is 1320. The third-order valence-electron chi connectivity index (χ3n) is 7.50. The van der Waals surface area contributed by atoms with Crippen LogP contribution in [-0.2, 0) is 15.0 Å². The van der Waals surface area contributed by atoms with Gasteiger partial charge in [0.2, 0.25) is 11.8 Å². The van der Waals surface area contributed by atoms with Crippen LogP contribution in [0, 0.1) is 17.1 Å². The zero-order valence-electron chi connectivity index (χ0n) is 21.5. The average Bonchev–Trinajstić information content (AvgIpc) is 3.75. The Kier molecular flexibility index (Phi) is 7.01. The van der Waals surface area contributed by atoms with Gasteiger partial charge in [0.25, 0.3) is 0 Å². The van der Waals surface area contributed by atoms with E-state index in [0.717, 1.165) is 26.0 Å². The first-order valence-corrected chi connectivity index (χ1v) is 12.5. The first-order chi connectivity index (χ1) is 18.0. The van der Waals surface area contributed by atoms with Gasteiger partial charge in [-0.05, 0) is 62.3 Å². The third-order valence-corrected chi connectivity index (χ3v) is 7.50. The fourth-order valence-corrected chi connectivity index (χ4v) is 5.08. The topological polar surface area (TPSA) is 113 Å². The van der Waals surface area contributed by atoms with Crippen LogP contribution in [0.2, 0.25) is 0 Å². The van der Waals surface area contributed by atoms with Crippen LogP contribution >= 0.6 is 0 Å².